The van der Waals surface area contributed by atoms with Crippen molar-refractivity contribution in [1.82, 2.24) is 5.32 Å². The molecule has 0 radical (unpaired) electrons. The monoisotopic (exact) mass is 535 g/mol. The van der Waals surface area contributed by atoms with Gasteiger partial charge in [0.05, 0.1) is 6.10 Å². The number of amides is 1. The Labute approximate surface area is 229 Å². The fourth-order valence-corrected chi connectivity index (χ4v) is 3.61. The van der Waals surface area contributed by atoms with Crippen molar-refractivity contribution < 1.29 is 33.6 Å². The molecule has 8 nitrogen and oxygen atoms in total. The summed E-state index contributed by atoms with van der Waals surface area (Å²) in [4.78, 5) is 25.4. The summed E-state index contributed by atoms with van der Waals surface area (Å²) in [5, 5.41) is 13.6. The van der Waals surface area contributed by atoms with Gasteiger partial charge in [0, 0.05) is 6.42 Å². The van der Waals surface area contributed by atoms with Gasteiger partial charge >= 0.3 is 12.1 Å². The Bertz CT molecular complexity index is 1220. The van der Waals surface area contributed by atoms with E-state index in [1.165, 1.54) is 0 Å². The highest BCUT2D eigenvalue weighted by Gasteiger charge is 2.41. The molecule has 0 aliphatic rings. The Hall–Kier alpha value is -4.04. The summed E-state index contributed by atoms with van der Waals surface area (Å²) in [6.07, 6.45) is -1.75. The molecule has 3 aromatic carbocycles. The van der Waals surface area contributed by atoms with Crippen LogP contribution < -0.4 is 14.8 Å². The molecule has 0 aliphatic carbocycles. The van der Waals surface area contributed by atoms with Crippen LogP contribution in [0.2, 0.25) is 0 Å². The zero-order chi connectivity index (χ0) is 28.5. The van der Waals surface area contributed by atoms with Crippen molar-refractivity contribution in [2.45, 2.75) is 71.7 Å². The van der Waals surface area contributed by atoms with E-state index in [1.807, 2.05) is 60.7 Å². The molecule has 1 atom stereocenters. The summed E-state index contributed by atoms with van der Waals surface area (Å²) in [6, 6.07) is 24.5. The number of ether oxygens (including phenoxy) is 4. The number of benzene rings is 3. The predicted octanol–water partition coefficient (Wildman–Crippen LogP) is 5.55. The third-order valence-electron chi connectivity index (χ3n) is 5.33. The average Bonchev–Trinajstić information content (AvgIpc) is 2.86. The standard InChI is InChI=1S/C31H37NO7/c1-22(2)38-28(33)31(35,32-29(34)39-30(3,4)5)19-25-16-17-26(36-20-23-12-8-6-9-13-23)27(18-25)37-21-24-14-10-7-11-15-24/h6-18,22,35H,19-21H2,1-5H3,(H,32,34)/t31-/m0/s1. The van der Waals surface area contributed by atoms with E-state index >= 15 is 0 Å². The normalized spacial score (nSPS) is 12.8. The fraction of sp³-hybridized carbons (Fsp3) is 0.355. The zero-order valence-corrected chi connectivity index (χ0v) is 23.1. The molecule has 0 spiro atoms. The van der Waals surface area contributed by atoms with Crippen LogP contribution in [-0.2, 0) is 33.9 Å². The lowest BCUT2D eigenvalue weighted by molar-refractivity contribution is -0.172. The number of aliphatic hydroxyl groups is 1. The number of hydrogen-bond acceptors (Lipinski definition) is 7. The molecular weight excluding hydrogens is 498 g/mol. The molecule has 0 aromatic heterocycles. The van der Waals surface area contributed by atoms with Crippen LogP contribution in [0.4, 0.5) is 4.79 Å². The van der Waals surface area contributed by atoms with Gasteiger partial charge in [-0.3, -0.25) is 5.32 Å². The molecule has 1 amide bonds. The maximum Gasteiger partial charge on any atom is 0.410 e. The lowest BCUT2D eigenvalue weighted by atomic mass is 10.0. The molecule has 3 aromatic rings. The second-order valence-corrected chi connectivity index (χ2v) is 10.4. The van der Waals surface area contributed by atoms with Crippen molar-refractivity contribution in [1.29, 1.82) is 0 Å². The molecule has 0 saturated heterocycles. The van der Waals surface area contributed by atoms with Crippen LogP contribution in [0.15, 0.2) is 78.9 Å². The van der Waals surface area contributed by atoms with Gasteiger partial charge in [-0.2, -0.15) is 0 Å². The third-order valence-corrected chi connectivity index (χ3v) is 5.33. The van der Waals surface area contributed by atoms with Crippen molar-refractivity contribution >= 4 is 12.1 Å². The summed E-state index contributed by atoms with van der Waals surface area (Å²) >= 11 is 0. The van der Waals surface area contributed by atoms with Gasteiger partial charge in [0.2, 0.25) is 5.72 Å². The van der Waals surface area contributed by atoms with E-state index in [0.29, 0.717) is 23.7 Å². The minimum Gasteiger partial charge on any atom is -0.485 e. The molecule has 39 heavy (non-hydrogen) atoms. The highest BCUT2D eigenvalue weighted by molar-refractivity contribution is 5.84. The minimum absolute atomic E-state index is 0.280. The van der Waals surface area contributed by atoms with E-state index in [2.05, 4.69) is 5.32 Å². The van der Waals surface area contributed by atoms with Gasteiger partial charge in [-0.25, -0.2) is 9.59 Å². The SMILES string of the molecule is CC(C)OC(=O)[C@@](O)(Cc1ccc(OCc2ccccc2)c(OCc2ccccc2)c1)NC(=O)OC(C)(C)C. The van der Waals surface area contributed by atoms with Crippen molar-refractivity contribution in [3.05, 3.63) is 95.6 Å². The average molecular weight is 536 g/mol. The Balaban J connectivity index is 1.88. The largest absolute Gasteiger partial charge is 0.485 e. The molecule has 0 heterocycles. The summed E-state index contributed by atoms with van der Waals surface area (Å²) in [7, 11) is 0. The minimum atomic E-state index is -2.38. The number of carbonyl (C=O) groups is 2. The molecule has 0 saturated carbocycles. The number of nitrogens with one attached hydrogen (secondary N) is 1. The summed E-state index contributed by atoms with van der Waals surface area (Å²) < 4.78 is 22.7. The van der Waals surface area contributed by atoms with Gasteiger partial charge in [0.15, 0.2) is 11.5 Å². The van der Waals surface area contributed by atoms with Crippen LogP contribution in [0.25, 0.3) is 0 Å². The Morgan fingerprint density at radius 2 is 1.33 bits per heavy atom. The Kier molecular flexibility index (Phi) is 9.95. The fourth-order valence-electron chi connectivity index (χ4n) is 3.61. The van der Waals surface area contributed by atoms with E-state index in [4.69, 9.17) is 18.9 Å². The molecule has 0 fully saturated rings. The number of esters is 1. The lowest BCUT2D eigenvalue weighted by Gasteiger charge is -2.29. The molecule has 2 N–H and O–H groups in total. The third kappa shape index (κ3) is 9.65. The van der Waals surface area contributed by atoms with E-state index < -0.39 is 29.5 Å². The maximum absolute atomic E-state index is 12.9. The first-order valence-electron chi connectivity index (χ1n) is 12.8. The molecule has 0 bridgehead atoms. The summed E-state index contributed by atoms with van der Waals surface area (Å²) in [5.41, 5.74) is -0.758. The first-order valence-corrected chi connectivity index (χ1v) is 12.8. The lowest BCUT2D eigenvalue weighted by Crippen LogP contribution is -2.58. The molecule has 3 rings (SSSR count). The van der Waals surface area contributed by atoms with E-state index in [0.717, 1.165) is 11.1 Å². The number of rotatable bonds is 11. The second kappa shape index (κ2) is 13.2. The van der Waals surface area contributed by atoms with Gasteiger partial charge in [-0.15, -0.1) is 0 Å². The van der Waals surface area contributed by atoms with E-state index in [1.54, 1.807) is 52.8 Å². The molecule has 8 heteroatoms. The van der Waals surface area contributed by atoms with Crippen molar-refractivity contribution in [2.24, 2.45) is 0 Å². The summed E-state index contributed by atoms with van der Waals surface area (Å²) in [5.74, 6) is -0.0874. The van der Waals surface area contributed by atoms with Gasteiger partial charge in [-0.1, -0.05) is 66.7 Å². The highest BCUT2D eigenvalue weighted by atomic mass is 16.6. The van der Waals surface area contributed by atoms with Crippen molar-refractivity contribution in [3.8, 4) is 11.5 Å². The summed E-state index contributed by atoms with van der Waals surface area (Å²) in [6.45, 7) is 8.96. The zero-order valence-electron chi connectivity index (χ0n) is 23.1. The number of alkyl carbamates (subject to hydrolysis) is 1. The smallest absolute Gasteiger partial charge is 0.410 e. The van der Waals surface area contributed by atoms with Gasteiger partial charge in [0.1, 0.15) is 18.8 Å². The molecular formula is C31H37NO7. The van der Waals surface area contributed by atoms with Crippen LogP contribution in [-0.4, -0.2) is 34.6 Å². The van der Waals surface area contributed by atoms with Crippen LogP contribution in [0.3, 0.4) is 0 Å². The van der Waals surface area contributed by atoms with E-state index in [-0.39, 0.29) is 13.0 Å². The van der Waals surface area contributed by atoms with Crippen LogP contribution >= 0.6 is 0 Å². The van der Waals surface area contributed by atoms with Gasteiger partial charge in [0.25, 0.3) is 0 Å². The van der Waals surface area contributed by atoms with Gasteiger partial charge in [-0.05, 0) is 63.4 Å². The quantitative estimate of drug-likeness (QED) is 0.245. The van der Waals surface area contributed by atoms with E-state index in [9.17, 15) is 14.7 Å². The Morgan fingerprint density at radius 1 is 0.795 bits per heavy atom. The van der Waals surface area contributed by atoms with Crippen LogP contribution in [0, 0.1) is 0 Å². The highest BCUT2D eigenvalue weighted by Crippen LogP contribution is 2.31. The molecule has 0 unspecified atom stereocenters. The first kappa shape index (κ1) is 29.5. The second-order valence-electron chi connectivity index (χ2n) is 10.4. The van der Waals surface area contributed by atoms with Crippen LogP contribution in [0.5, 0.6) is 11.5 Å². The maximum atomic E-state index is 12.9. The van der Waals surface area contributed by atoms with Gasteiger partial charge < -0.3 is 24.1 Å². The Morgan fingerprint density at radius 3 is 1.85 bits per heavy atom. The number of carbonyl (C=O) groups excluding carboxylic acids is 2. The van der Waals surface area contributed by atoms with Crippen molar-refractivity contribution in [2.75, 3.05) is 0 Å². The molecule has 0 aliphatic heterocycles. The van der Waals surface area contributed by atoms with Crippen LogP contribution in [0.1, 0.15) is 51.3 Å². The first-order chi connectivity index (χ1) is 18.4. The van der Waals surface area contributed by atoms with Crippen molar-refractivity contribution in [3.63, 3.8) is 0 Å². The molecule has 208 valence electrons. The topological polar surface area (TPSA) is 103 Å². The number of hydrogen-bond donors (Lipinski definition) is 2. The predicted molar refractivity (Wildman–Crippen MR) is 147 cm³/mol.